The molecule has 1 heterocycles. The summed E-state index contributed by atoms with van der Waals surface area (Å²) in [6.45, 7) is 5.07. The maximum absolute atomic E-state index is 11.5. The summed E-state index contributed by atoms with van der Waals surface area (Å²) in [5.41, 5.74) is -0.102. The summed E-state index contributed by atoms with van der Waals surface area (Å²) in [6.07, 6.45) is 2.17. The third kappa shape index (κ3) is 7.19. The smallest absolute Gasteiger partial charge is 0.548 e. The molecule has 100 valence electrons. The van der Waals surface area contributed by atoms with Crippen molar-refractivity contribution in [3.63, 3.8) is 0 Å². The second-order valence-corrected chi connectivity index (χ2v) is 4.80. The number of carboxylic acid groups (broad SMARTS) is 1. The number of hydrogen-bond donors (Lipinski definition) is 2. The third-order valence-corrected chi connectivity index (χ3v) is 1.95. The predicted octanol–water partition coefficient (Wildman–Crippen LogP) is -3.40. The van der Waals surface area contributed by atoms with Gasteiger partial charge >= 0.3 is 35.7 Å². The number of alkyl carbamates (subject to hydrolysis) is 1. The maximum atomic E-state index is 11.5. The van der Waals surface area contributed by atoms with E-state index in [0.29, 0.717) is 5.69 Å². The molecule has 0 saturated heterocycles. The van der Waals surface area contributed by atoms with E-state index in [1.807, 2.05) is 0 Å². The Morgan fingerprint density at radius 1 is 1.53 bits per heavy atom. The molecule has 1 aromatic heterocycles. The fourth-order valence-corrected chi connectivity index (χ4v) is 1.26. The molecule has 1 atom stereocenters. The van der Waals surface area contributed by atoms with Gasteiger partial charge in [-0.15, -0.1) is 0 Å². The first-order valence-electron chi connectivity index (χ1n) is 5.45. The Hall–Kier alpha value is -1.05. The van der Waals surface area contributed by atoms with Gasteiger partial charge in [0.15, 0.2) is 0 Å². The fraction of sp³-hybridized carbons (Fsp3) is 0.545. The van der Waals surface area contributed by atoms with Crippen molar-refractivity contribution >= 4 is 12.1 Å². The number of carbonyl (C=O) groups excluding carboxylic acids is 2. The van der Waals surface area contributed by atoms with Crippen LogP contribution in [0.4, 0.5) is 4.79 Å². The van der Waals surface area contributed by atoms with Gasteiger partial charge in [0.1, 0.15) is 5.60 Å². The van der Waals surface area contributed by atoms with Crippen molar-refractivity contribution in [2.75, 3.05) is 0 Å². The van der Waals surface area contributed by atoms with Gasteiger partial charge in [-0.3, -0.25) is 0 Å². The average Bonchev–Trinajstić information content (AvgIpc) is 2.66. The first kappa shape index (κ1) is 17.9. The minimum atomic E-state index is -1.38. The number of H-pyrrole nitrogens is 1. The molecule has 0 aromatic carbocycles. The largest absolute Gasteiger partial charge is 1.00 e. The van der Waals surface area contributed by atoms with Crippen molar-refractivity contribution in [3.8, 4) is 0 Å². The van der Waals surface area contributed by atoms with E-state index in [1.165, 1.54) is 12.5 Å². The summed E-state index contributed by atoms with van der Waals surface area (Å²) in [5, 5.41) is 13.2. The molecule has 0 fully saturated rings. The zero-order valence-electron chi connectivity index (χ0n) is 11.5. The Morgan fingerprint density at radius 3 is 2.58 bits per heavy atom. The quantitative estimate of drug-likeness (QED) is 0.558. The molecule has 0 spiro atoms. The summed E-state index contributed by atoms with van der Waals surface area (Å²) >= 11 is 0. The average molecular weight is 277 g/mol. The number of rotatable bonds is 4. The van der Waals surface area contributed by atoms with Gasteiger partial charge in [-0.2, -0.15) is 0 Å². The summed E-state index contributed by atoms with van der Waals surface area (Å²) in [6, 6.07) is -1.17. The molecule has 0 aliphatic heterocycles. The van der Waals surface area contributed by atoms with Crippen molar-refractivity contribution in [1.29, 1.82) is 0 Å². The normalized spacial score (nSPS) is 12.2. The van der Waals surface area contributed by atoms with Crippen LogP contribution >= 0.6 is 0 Å². The Morgan fingerprint density at radius 2 is 2.16 bits per heavy atom. The van der Waals surface area contributed by atoms with E-state index in [9.17, 15) is 14.7 Å². The second-order valence-electron chi connectivity index (χ2n) is 4.80. The number of nitrogens with one attached hydrogen (secondary N) is 2. The number of aliphatic carboxylic acids is 1. The first-order chi connectivity index (χ1) is 8.28. The fourth-order valence-electron chi connectivity index (χ4n) is 1.26. The van der Waals surface area contributed by atoms with Crippen LogP contribution in [-0.4, -0.2) is 33.7 Å². The topological polar surface area (TPSA) is 107 Å². The van der Waals surface area contributed by atoms with E-state index in [4.69, 9.17) is 4.74 Å². The molecule has 0 unspecified atom stereocenters. The molecule has 1 aromatic rings. The van der Waals surface area contributed by atoms with Gasteiger partial charge in [0.05, 0.1) is 18.3 Å². The molecule has 19 heavy (non-hydrogen) atoms. The van der Waals surface area contributed by atoms with E-state index >= 15 is 0 Å². The monoisotopic (exact) mass is 277 g/mol. The summed E-state index contributed by atoms with van der Waals surface area (Å²) in [4.78, 5) is 28.9. The van der Waals surface area contributed by atoms with Gasteiger partial charge in [-0.1, -0.05) is 0 Å². The Labute approximate surface area is 133 Å². The van der Waals surface area contributed by atoms with Crippen LogP contribution in [0.15, 0.2) is 12.5 Å². The van der Waals surface area contributed by atoms with Gasteiger partial charge in [0, 0.05) is 18.3 Å². The van der Waals surface area contributed by atoms with Crippen LogP contribution in [0.2, 0.25) is 0 Å². The number of carbonyl (C=O) groups is 2. The van der Waals surface area contributed by atoms with E-state index < -0.39 is 23.7 Å². The molecule has 0 bridgehead atoms. The number of nitrogens with zero attached hydrogens (tertiary/aromatic N) is 1. The molecule has 0 aliphatic rings. The number of ether oxygens (including phenoxy) is 1. The molecular weight excluding hydrogens is 261 g/mol. The number of hydrogen-bond acceptors (Lipinski definition) is 5. The summed E-state index contributed by atoms with van der Waals surface area (Å²) < 4.78 is 4.97. The molecule has 1 rings (SSSR count). The van der Waals surface area contributed by atoms with Crippen molar-refractivity contribution in [2.24, 2.45) is 0 Å². The van der Waals surface area contributed by atoms with E-state index in [0.717, 1.165) is 0 Å². The van der Waals surface area contributed by atoms with Crippen molar-refractivity contribution in [2.45, 2.75) is 38.8 Å². The number of carboxylic acids is 1. The number of amides is 1. The molecular formula is C11H16N3NaO4. The van der Waals surface area contributed by atoms with E-state index in [2.05, 4.69) is 15.3 Å². The SMILES string of the molecule is CC(C)(C)OC(=O)N[C@H](Cc1cnc[nH]1)C(=O)[O-].[Na+]. The number of aromatic nitrogens is 2. The van der Waals surface area contributed by atoms with Crippen molar-refractivity contribution in [3.05, 3.63) is 18.2 Å². The van der Waals surface area contributed by atoms with Crippen LogP contribution < -0.4 is 40.0 Å². The van der Waals surface area contributed by atoms with Gasteiger partial charge in [-0.25, -0.2) is 9.78 Å². The maximum Gasteiger partial charge on any atom is 1.00 e. The van der Waals surface area contributed by atoms with Crippen LogP contribution in [0.5, 0.6) is 0 Å². The zero-order valence-corrected chi connectivity index (χ0v) is 13.5. The summed E-state index contributed by atoms with van der Waals surface area (Å²) in [7, 11) is 0. The molecule has 0 saturated carbocycles. The van der Waals surface area contributed by atoms with Gasteiger partial charge in [-0.05, 0) is 20.8 Å². The molecule has 0 radical (unpaired) electrons. The Balaban J connectivity index is 0.00000324. The van der Waals surface area contributed by atoms with Crippen LogP contribution in [-0.2, 0) is 16.0 Å². The number of imidazole rings is 1. The van der Waals surface area contributed by atoms with Gasteiger partial charge < -0.3 is 24.9 Å². The van der Waals surface area contributed by atoms with E-state index in [1.54, 1.807) is 20.8 Å². The second kappa shape index (κ2) is 7.52. The van der Waals surface area contributed by atoms with Crippen LogP contribution in [0, 0.1) is 0 Å². The minimum absolute atomic E-state index is 0. The van der Waals surface area contributed by atoms with E-state index in [-0.39, 0.29) is 36.0 Å². The molecule has 2 N–H and O–H groups in total. The molecule has 7 nitrogen and oxygen atoms in total. The first-order valence-corrected chi connectivity index (χ1v) is 5.45. The van der Waals surface area contributed by atoms with Crippen molar-refractivity contribution < 1.29 is 49.0 Å². The molecule has 0 aliphatic carbocycles. The van der Waals surface area contributed by atoms with Gasteiger partial charge in [0.2, 0.25) is 0 Å². The van der Waals surface area contributed by atoms with Gasteiger partial charge in [0.25, 0.3) is 0 Å². The number of aromatic amines is 1. The van der Waals surface area contributed by atoms with Crippen LogP contribution in [0.1, 0.15) is 26.5 Å². The zero-order chi connectivity index (χ0) is 13.8. The third-order valence-electron chi connectivity index (χ3n) is 1.95. The molecule has 1 amide bonds. The standard InChI is InChI=1S/C11H17N3O4.Na/c1-11(2,3)18-10(17)14-8(9(15)16)4-7-5-12-6-13-7;/h5-6,8H,4H2,1-3H3,(H,12,13)(H,14,17)(H,15,16);/q;+1/p-1/t8-;/m1./s1. The van der Waals surface area contributed by atoms with Crippen LogP contribution in [0.3, 0.4) is 0 Å². The summed E-state index contributed by atoms with van der Waals surface area (Å²) in [5.74, 6) is -1.38. The van der Waals surface area contributed by atoms with Crippen LogP contribution in [0.25, 0.3) is 0 Å². The Bertz CT molecular complexity index is 414. The predicted molar refractivity (Wildman–Crippen MR) is 60.5 cm³/mol. The minimum Gasteiger partial charge on any atom is -0.548 e. The Kier molecular flexibility index (Phi) is 7.10. The molecule has 8 heteroatoms. The van der Waals surface area contributed by atoms with Crippen molar-refractivity contribution in [1.82, 2.24) is 15.3 Å².